The molecule has 92 valence electrons. The zero-order valence-corrected chi connectivity index (χ0v) is 9.28. The van der Waals surface area contributed by atoms with E-state index in [0.717, 1.165) is 5.69 Å². The molecule has 1 fully saturated rings. The van der Waals surface area contributed by atoms with Gasteiger partial charge in [-0.15, -0.1) is 0 Å². The van der Waals surface area contributed by atoms with E-state index in [1.807, 2.05) is 4.90 Å². The number of nitrogens with two attached hydrogens (primary N) is 1. The Labute approximate surface area is 98.3 Å². The normalized spacial score (nSPS) is 15.7. The molecule has 1 saturated heterocycles. The van der Waals surface area contributed by atoms with Crippen LogP contribution in [0, 0.1) is 5.82 Å². The van der Waals surface area contributed by atoms with Gasteiger partial charge in [0.05, 0.1) is 13.2 Å². The first kappa shape index (κ1) is 11.7. The molecule has 17 heavy (non-hydrogen) atoms. The molecular weight excluding hydrogens is 225 g/mol. The molecule has 0 spiro atoms. The van der Waals surface area contributed by atoms with Crippen LogP contribution in [0.15, 0.2) is 18.2 Å². The summed E-state index contributed by atoms with van der Waals surface area (Å²) in [7, 11) is 0. The fraction of sp³-hybridized carbons (Fsp3) is 0.364. The molecule has 1 heterocycles. The highest BCUT2D eigenvalue weighted by Crippen LogP contribution is 2.22. The molecule has 1 aliphatic heterocycles. The van der Waals surface area contributed by atoms with Crippen molar-refractivity contribution in [3.05, 3.63) is 24.0 Å². The van der Waals surface area contributed by atoms with Crippen molar-refractivity contribution < 1.29 is 13.9 Å². The Hall–Kier alpha value is -1.82. The summed E-state index contributed by atoms with van der Waals surface area (Å²) in [4.78, 5) is 12.7. The average molecular weight is 239 g/mol. The van der Waals surface area contributed by atoms with Gasteiger partial charge in [-0.3, -0.25) is 0 Å². The number of urea groups is 1. The van der Waals surface area contributed by atoms with Crippen LogP contribution in [-0.2, 0) is 4.74 Å². The van der Waals surface area contributed by atoms with Gasteiger partial charge in [0.1, 0.15) is 5.82 Å². The summed E-state index contributed by atoms with van der Waals surface area (Å²) in [6, 6.07) is 3.65. The van der Waals surface area contributed by atoms with Crippen molar-refractivity contribution in [3.8, 4) is 0 Å². The Bertz CT molecular complexity index is 419. The lowest BCUT2D eigenvalue weighted by Gasteiger charge is -2.29. The highest BCUT2D eigenvalue weighted by atomic mass is 19.1. The van der Waals surface area contributed by atoms with Crippen LogP contribution < -0.4 is 16.0 Å². The zero-order chi connectivity index (χ0) is 12.3. The number of rotatable bonds is 2. The third-order valence-electron chi connectivity index (χ3n) is 2.53. The SMILES string of the molecule is NC(=O)Nc1cc(F)cc(N2CCOCC2)c1. The van der Waals surface area contributed by atoms with Gasteiger partial charge in [0, 0.05) is 24.5 Å². The molecule has 2 rings (SSSR count). The van der Waals surface area contributed by atoms with E-state index in [4.69, 9.17) is 10.5 Å². The second-order valence-electron chi connectivity index (χ2n) is 3.79. The summed E-state index contributed by atoms with van der Waals surface area (Å²) in [6.07, 6.45) is 0. The number of carbonyl (C=O) groups excluding carboxylic acids is 1. The minimum atomic E-state index is -0.705. The lowest BCUT2D eigenvalue weighted by molar-refractivity contribution is 0.122. The molecular formula is C11H14FN3O2. The lowest BCUT2D eigenvalue weighted by Crippen LogP contribution is -2.36. The van der Waals surface area contributed by atoms with Crippen LogP contribution in [-0.4, -0.2) is 32.3 Å². The summed E-state index contributed by atoms with van der Waals surface area (Å²) >= 11 is 0. The third kappa shape index (κ3) is 3.07. The van der Waals surface area contributed by atoms with Crippen LogP contribution in [0.3, 0.4) is 0 Å². The molecule has 1 aromatic rings. The van der Waals surface area contributed by atoms with E-state index >= 15 is 0 Å². The highest BCUT2D eigenvalue weighted by Gasteiger charge is 2.13. The first-order valence-corrected chi connectivity index (χ1v) is 5.35. The molecule has 3 N–H and O–H groups in total. The molecule has 6 heteroatoms. The zero-order valence-electron chi connectivity index (χ0n) is 9.28. The van der Waals surface area contributed by atoms with Crippen LogP contribution in [0.2, 0.25) is 0 Å². The standard InChI is InChI=1S/C11H14FN3O2/c12-8-5-9(14-11(13)16)7-10(6-8)15-1-3-17-4-2-15/h5-7H,1-4H2,(H3,13,14,16). The number of anilines is 2. The number of carbonyl (C=O) groups is 1. The first-order chi connectivity index (χ1) is 8.15. The molecule has 0 aliphatic carbocycles. The third-order valence-corrected chi connectivity index (χ3v) is 2.53. The molecule has 1 aromatic carbocycles. The second-order valence-corrected chi connectivity index (χ2v) is 3.79. The first-order valence-electron chi connectivity index (χ1n) is 5.35. The van der Waals surface area contributed by atoms with Crippen molar-refractivity contribution in [1.82, 2.24) is 0 Å². The van der Waals surface area contributed by atoms with Gasteiger partial charge in [0.2, 0.25) is 0 Å². The van der Waals surface area contributed by atoms with E-state index < -0.39 is 11.8 Å². The fourth-order valence-electron chi connectivity index (χ4n) is 1.79. The monoisotopic (exact) mass is 239 g/mol. The van der Waals surface area contributed by atoms with Crippen molar-refractivity contribution in [2.45, 2.75) is 0 Å². The number of hydrogen-bond donors (Lipinski definition) is 2. The van der Waals surface area contributed by atoms with Crippen molar-refractivity contribution in [2.24, 2.45) is 5.73 Å². The fourth-order valence-corrected chi connectivity index (χ4v) is 1.79. The maximum Gasteiger partial charge on any atom is 0.316 e. The minimum absolute atomic E-state index is 0.360. The second kappa shape index (κ2) is 5.01. The summed E-state index contributed by atoms with van der Waals surface area (Å²) in [5, 5.41) is 2.37. The van der Waals surface area contributed by atoms with Gasteiger partial charge in [-0.25, -0.2) is 9.18 Å². The molecule has 0 aromatic heterocycles. The molecule has 0 unspecified atom stereocenters. The van der Waals surface area contributed by atoms with E-state index in [9.17, 15) is 9.18 Å². The molecule has 2 amide bonds. The smallest absolute Gasteiger partial charge is 0.316 e. The minimum Gasteiger partial charge on any atom is -0.378 e. The number of morpholine rings is 1. The number of amides is 2. The van der Waals surface area contributed by atoms with Gasteiger partial charge in [0.25, 0.3) is 0 Å². The van der Waals surface area contributed by atoms with Crippen LogP contribution in [0.5, 0.6) is 0 Å². The molecule has 1 aliphatic rings. The lowest BCUT2D eigenvalue weighted by atomic mass is 10.2. The number of benzene rings is 1. The van der Waals surface area contributed by atoms with E-state index in [0.29, 0.717) is 32.0 Å². The Kier molecular flexibility index (Phi) is 3.43. The van der Waals surface area contributed by atoms with Gasteiger partial charge < -0.3 is 20.7 Å². The molecule has 0 radical (unpaired) electrons. The summed E-state index contributed by atoms with van der Waals surface area (Å²) in [5.41, 5.74) is 6.08. The van der Waals surface area contributed by atoms with Crippen molar-refractivity contribution >= 4 is 17.4 Å². The molecule has 5 nitrogen and oxygen atoms in total. The maximum atomic E-state index is 13.4. The van der Waals surface area contributed by atoms with E-state index in [1.54, 1.807) is 6.07 Å². The van der Waals surface area contributed by atoms with Gasteiger partial charge in [0.15, 0.2) is 0 Å². The number of hydrogen-bond acceptors (Lipinski definition) is 3. The highest BCUT2D eigenvalue weighted by molar-refractivity contribution is 5.88. The number of nitrogens with zero attached hydrogens (tertiary/aromatic N) is 1. The molecule has 0 bridgehead atoms. The van der Waals surface area contributed by atoms with E-state index in [1.165, 1.54) is 12.1 Å². The van der Waals surface area contributed by atoms with Crippen molar-refractivity contribution in [2.75, 3.05) is 36.5 Å². The Morgan fingerprint density at radius 2 is 2.06 bits per heavy atom. The molecule has 0 atom stereocenters. The number of nitrogens with one attached hydrogen (secondary N) is 1. The van der Waals surface area contributed by atoms with Crippen LogP contribution in [0.25, 0.3) is 0 Å². The average Bonchev–Trinajstić information content (AvgIpc) is 2.28. The van der Waals surface area contributed by atoms with Gasteiger partial charge in [-0.2, -0.15) is 0 Å². The number of ether oxygens (including phenoxy) is 1. The number of halogens is 1. The van der Waals surface area contributed by atoms with E-state index in [-0.39, 0.29) is 0 Å². The predicted octanol–water partition coefficient (Wildman–Crippen LogP) is 1.15. The summed E-state index contributed by atoms with van der Waals surface area (Å²) in [6.45, 7) is 2.66. The van der Waals surface area contributed by atoms with Gasteiger partial charge in [-0.1, -0.05) is 0 Å². The van der Waals surface area contributed by atoms with Crippen LogP contribution in [0.4, 0.5) is 20.6 Å². The predicted molar refractivity (Wildman–Crippen MR) is 62.6 cm³/mol. The Balaban J connectivity index is 2.20. The topological polar surface area (TPSA) is 67.6 Å². The van der Waals surface area contributed by atoms with Gasteiger partial charge >= 0.3 is 6.03 Å². The van der Waals surface area contributed by atoms with E-state index in [2.05, 4.69) is 5.32 Å². The number of primary amides is 1. The van der Waals surface area contributed by atoms with Gasteiger partial charge in [-0.05, 0) is 18.2 Å². The molecule has 0 saturated carbocycles. The largest absolute Gasteiger partial charge is 0.378 e. The Morgan fingerprint density at radius 3 is 2.71 bits per heavy atom. The van der Waals surface area contributed by atoms with Crippen molar-refractivity contribution in [1.29, 1.82) is 0 Å². The quantitative estimate of drug-likeness (QED) is 0.813. The van der Waals surface area contributed by atoms with Crippen molar-refractivity contribution in [3.63, 3.8) is 0 Å². The Morgan fingerprint density at radius 1 is 1.35 bits per heavy atom. The van der Waals surface area contributed by atoms with Crippen LogP contribution in [0.1, 0.15) is 0 Å². The summed E-state index contributed by atoms with van der Waals surface area (Å²) < 4.78 is 18.6. The van der Waals surface area contributed by atoms with Crippen LogP contribution >= 0.6 is 0 Å². The maximum absolute atomic E-state index is 13.4. The summed E-state index contributed by atoms with van der Waals surface area (Å²) in [5.74, 6) is -0.405.